The largest absolute Gasteiger partial charge is 0.486 e. The molecule has 0 aliphatic carbocycles. The first-order valence-electron chi connectivity index (χ1n) is 9.44. The van der Waals surface area contributed by atoms with Crippen LogP contribution in [-0.4, -0.2) is 15.9 Å². The van der Waals surface area contributed by atoms with Crippen LogP contribution in [0.25, 0.3) is 11.3 Å². The van der Waals surface area contributed by atoms with E-state index in [-0.39, 0.29) is 19.0 Å². The average Bonchev–Trinajstić information content (AvgIpc) is 3.42. The van der Waals surface area contributed by atoms with Crippen LogP contribution >= 0.6 is 11.3 Å². The van der Waals surface area contributed by atoms with E-state index in [9.17, 15) is 4.79 Å². The van der Waals surface area contributed by atoms with Gasteiger partial charge in [0.15, 0.2) is 12.4 Å². The molecule has 6 nitrogen and oxygen atoms in total. The molecular formula is C23H20N2O4S. The zero-order valence-electron chi connectivity index (χ0n) is 16.4. The van der Waals surface area contributed by atoms with Gasteiger partial charge < -0.3 is 13.9 Å². The molecule has 0 aliphatic rings. The summed E-state index contributed by atoms with van der Waals surface area (Å²) in [6.45, 7) is 2.38. The monoisotopic (exact) mass is 420 g/mol. The summed E-state index contributed by atoms with van der Waals surface area (Å²) in [6, 6.07) is 17.5. The first-order chi connectivity index (χ1) is 14.7. The van der Waals surface area contributed by atoms with Gasteiger partial charge in [0.2, 0.25) is 5.89 Å². The highest BCUT2D eigenvalue weighted by atomic mass is 32.1. The Hall–Kier alpha value is -3.45. The Balaban J connectivity index is 1.24. The number of rotatable bonds is 8. The van der Waals surface area contributed by atoms with E-state index >= 15 is 0 Å². The Kier molecular flexibility index (Phi) is 6.20. The van der Waals surface area contributed by atoms with Gasteiger partial charge in [0, 0.05) is 10.9 Å². The molecule has 2 aromatic carbocycles. The van der Waals surface area contributed by atoms with Crippen LogP contribution in [-0.2, 0) is 29.2 Å². The molecule has 2 heterocycles. The van der Waals surface area contributed by atoms with Gasteiger partial charge in [-0.1, -0.05) is 48.0 Å². The smallest absolute Gasteiger partial charge is 0.312 e. The third-order valence-electron chi connectivity index (χ3n) is 4.28. The Bertz CT molecular complexity index is 1100. The van der Waals surface area contributed by atoms with E-state index in [4.69, 9.17) is 13.9 Å². The Morgan fingerprint density at radius 2 is 1.87 bits per heavy atom. The molecule has 0 amide bonds. The lowest BCUT2D eigenvalue weighted by molar-refractivity contribution is -0.144. The van der Waals surface area contributed by atoms with Crippen molar-refractivity contribution in [3.05, 3.63) is 88.3 Å². The summed E-state index contributed by atoms with van der Waals surface area (Å²) >= 11 is 1.45. The molecule has 0 atom stereocenters. The molecule has 7 heteroatoms. The van der Waals surface area contributed by atoms with E-state index < -0.39 is 0 Å². The normalized spacial score (nSPS) is 10.7. The number of benzene rings is 2. The number of ether oxygens (including phenoxy) is 2. The Morgan fingerprint density at radius 1 is 1.07 bits per heavy atom. The number of thiazole rings is 1. The molecule has 0 radical (unpaired) electrons. The second kappa shape index (κ2) is 9.37. The van der Waals surface area contributed by atoms with Crippen molar-refractivity contribution in [1.82, 2.24) is 9.97 Å². The molecule has 0 bridgehead atoms. The minimum absolute atomic E-state index is 0.0147. The quantitative estimate of drug-likeness (QED) is 0.375. The second-order valence-corrected chi connectivity index (χ2v) is 7.60. The first-order valence-corrected chi connectivity index (χ1v) is 10.3. The van der Waals surface area contributed by atoms with E-state index in [0.717, 1.165) is 16.3 Å². The number of esters is 1. The maximum Gasteiger partial charge on any atom is 0.312 e. The highest BCUT2D eigenvalue weighted by Gasteiger charge is 2.12. The van der Waals surface area contributed by atoms with Gasteiger partial charge in [-0.2, -0.15) is 0 Å². The van der Waals surface area contributed by atoms with E-state index in [2.05, 4.69) is 9.97 Å². The number of aryl methyl sites for hydroxylation is 1. The fourth-order valence-corrected chi connectivity index (χ4v) is 3.44. The maximum absolute atomic E-state index is 12.1. The number of carbonyl (C=O) groups is 1. The van der Waals surface area contributed by atoms with Crippen molar-refractivity contribution in [2.75, 3.05) is 0 Å². The summed E-state index contributed by atoms with van der Waals surface area (Å²) in [5.74, 6) is 1.40. The Labute approximate surface area is 178 Å². The lowest BCUT2D eigenvalue weighted by Gasteiger charge is -2.04. The third kappa shape index (κ3) is 5.33. The SMILES string of the molecule is Cc1ccc(OCc2nc(CC(=O)OCc3ncc(-c4ccccc4)o3)cs2)cc1. The van der Waals surface area contributed by atoms with Crippen molar-refractivity contribution in [3.63, 3.8) is 0 Å². The molecule has 0 N–H and O–H groups in total. The third-order valence-corrected chi connectivity index (χ3v) is 5.15. The summed E-state index contributed by atoms with van der Waals surface area (Å²) in [6.07, 6.45) is 1.71. The van der Waals surface area contributed by atoms with Gasteiger partial charge in [-0.25, -0.2) is 9.97 Å². The molecule has 0 aliphatic heterocycles. The molecule has 30 heavy (non-hydrogen) atoms. The van der Waals surface area contributed by atoms with Crippen LogP contribution in [0.4, 0.5) is 0 Å². The van der Waals surface area contributed by atoms with Crippen LogP contribution in [0, 0.1) is 6.92 Å². The van der Waals surface area contributed by atoms with Crippen molar-refractivity contribution in [1.29, 1.82) is 0 Å². The van der Waals surface area contributed by atoms with Crippen LogP contribution in [0.2, 0.25) is 0 Å². The summed E-state index contributed by atoms with van der Waals surface area (Å²) in [5, 5.41) is 2.65. The zero-order chi connectivity index (χ0) is 20.8. The highest BCUT2D eigenvalue weighted by Crippen LogP contribution is 2.20. The van der Waals surface area contributed by atoms with Crippen LogP contribution < -0.4 is 4.74 Å². The number of nitrogens with zero attached hydrogens (tertiary/aromatic N) is 2. The standard InChI is InChI=1S/C23H20N2O4S/c1-16-7-9-19(10-8-16)27-14-22-25-18(15-30-22)11-23(26)28-13-21-24-12-20(29-21)17-5-3-2-4-6-17/h2-10,12,15H,11,13-14H2,1H3. The summed E-state index contributed by atoms with van der Waals surface area (Å²) in [4.78, 5) is 20.7. The number of hydrogen-bond acceptors (Lipinski definition) is 7. The van der Waals surface area contributed by atoms with Crippen molar-refractivity contribution >= 4 is 17.3 Å². The number of aromatic nitrogens is 2. The van der Waals surface area contributed by atoms with Crippen molar-refractivity contribution in [2.24, 2.45) is 0 Å². The summed E-state index contributed by atoms with van der Waals surface area (Å²) in [7, 11) is 0. The fourth-order valence-electron chi connectivity index (χ4n) is 2.73. The molecule has 0 fully saturated rings. The lowest BCUT2D eigenvalue weighted by atomic mass is 10.2. The topological polar surface area (TPSA) is 74.5 Å². The van der Waals surface area contributed by atoms with Gasteiger partial charge in [0.05, 0.1) is 18.3 Å². The molecule has 152 valence electrons. The predicted molar refractivity (Wildman–Crippen MR) is 113 cm³/mol. The van der Waals surface area contributed by atoms with E-state index in [0.29, 0.717) is 24.0 Å². The number of hydrogen-bond donors (Lipinski definition) is 0. The number of carbonyl (C=O) groups excluding carboxylic acids is 1. The zero-order valence-corrected chi connectivity index (χ0v) is 17.2. The summed E-state index contributed by atoms with van der Waals surface area (Å²) < 4.78 is 16.6. The first kappa shape index (κ1) is 19.8. The van der Waals surface area contributed by atoms with Gasteiger partial charge in [-0.3, -0.25) is 4.79 Å². The van der Waals surface area contributed by atoms with Crippen LogP contribution in [0.1, 0.15) is 22.2 Å². The van der Waals surface area contributed by atoms with Crippen LogP contribution in [0.5, 0.6) is 5.75 Å². The van der Waals surface area contributed by atoms with Crippen molar-refractivity contribution < 1.29 is 18.7 Å². The minimum atomic E-state index is -0.384. The maximum atomic E-state index is 12.1. The van der Waals surface area contributed by atoms with Crippen LogP contribution in [0.3, 0.4) is 0 Å². The molecule has 0 spiro atoms. The minimum Gasteiger partial charge on any atom is -0.486 e. The second-order valence-electron chi connectivity index (χ2n) is 6.66. The fraction of sp³-hybridized carbons (Fsp3) is 0.174. The molecule has 0 unspecified atom stereocenters. The van der Waals surface area contributed by atoms with Crippen molar-refractivity contribution in [3.8, 4) is 17.1 Å². The van der Waals surface area contributed by atoms with E-state index in [1.54, 1.807) is 6.20 Å². The van der Waals surface area contributed by atoms with Gasteiger partial charge in [-0.05, 0) is 19.1 Å². The van der Waals surface area contributed by atoms with E-state index in [1.807, 2.05) is 66.9 Å². The summed E-state index contributed by atoms with van der Waals surface area (Å²) in [5.41, 5.74) is 2.76. The molecule has 4 aromatic rings. The predicted octanol–water partition coefficient (Wildman–Crippen LogP) is 4.97. The molecule has 0 saturated heterocycles. The molecule has 0 saturated carbocycles. The van der Waals surface area contributed by atoms with Crippen molar-refractivity contribution in [2.45, 2.75) is 26.6 Å². The highest BCUT2D eigenvalue weighted by molar-refractivity contribution is 7.09. The van der Waals surface area contributed by atoms with Gasteiger partial charge in [0.25, 0.3) is 0 Å². The Morgan fingerprint density at radius 3 is 2.67 bits per heavy atom. The molecule has 4 rings (SSSR count). The molecular weight excluding hydrogens is 400 g/mol. The van der Waals surface area contributed by atoms with Gasteiger partial charge in [0.1, 0.15) is 17.4 Å². The van der Waals surface area contributed by atoms with Gasteiger partial charge in [-0.15, -0.1) is 11.3 Å². The lowest BCUT2D eigenvalue weighted by Crippen LogP contribution is -2.08. The number of oxazole rings is 1. The van der Waals surface area contributed by atoms with Gasteiger partial charge >= 0.3 is 5.97 Å². The van der Waals surface area contributed by atoms with Crippen LogP contribution in [0.15, 0.2) is 70.6 Å². The van der Waals surface area contributed by atoms with E-state index in [1.165, 1.54) is 16.9 Å². The molecule has 2 aromatic heterocycles. The average molecular weight is 420 g/mol.